The molecule has 3 heterocycles. The summed E-state index contributed by atoms with van der Waals surface area (Å²) in [5, 5.41) is 2.07. The number of nitrogens with zero attached hydrogens (tertiary/aromatic N) is 3. The van der Waals surface area contributed by atoms with Crippen LogP contribution in [0, 0.1) is 0 Å². The first-order valence-electron chi connectivity index (χ1n) is 8.19. The van der Waals surface area contributed by atoms with E-state index in [4.69, 9.17) is 4.74 Å². The minimum Gasteiger partial charge on any atom is -0.494 e. The van der Waals surface area contributed by atoms with Gasteiger partial charge in [0.2, 0.25) is 0 Å². The minimum absolute atomic E-state index is 0.706. The molecule has 0 bridgehead atoms. The van der Waals surface area contributed by atoms with Crippen molar-refractivity contribution < 1.29 is 4.74 Å². The highest BCUT2D eigenvalue weighted by molar-refractivity contribution is 7.13. The lowest BCUT2D eigenvalue weighted by Gasteiger charge is -2.30. The van der Waals surface area contributed by atoms with E-state index in [0.717, 1.165) is 36.8 Å². The normalized spacial score (nSPS) is 13.6. The van der Waals surface area contributed by atoms with Crippen molar-refractivity contribution in [3.8, 4) is 16.3 Å². The van der Waals surface area contributed by atoms with Gasteiger partial charge >= 0.3 is 0 Å². The predicted octanol–water partition coefficient (Wildman–Crippen LogP) is 4.17. The lowest BCUT2D eigenvalue weighted by molar-refractivity contribution is 0.339. The van der Waals surface area contributed by atoms with Crippen LogP contribution in [0.15, 0.2) is 48.1 Å². The van der Waals surface area contributed by atoms with E-state index in [0.29, 0.717) is 6.61 Å². The standard InChI is InChI=1S/C19H19N3OS/c1-2-23-16-6-5-15-12-22(8-7-14(15)10-16)19-11-17(20-13-21-19)18-4-3-9-24-18/h3-6,9-11,13H,2,7-8,12H2,1H3. The van der Waals surface area contributed by atoms with Crippen LogP contribution in [0.3, 0.4) is 0 Å². The summed E-state index contributed by atoms with van der Waals surface area (Å²) in [5.41, 5.74) is 3.72. The molecule has 0 aliphatic carbocycles. The Balaban J connectivity index is 1.57. The van der Waals surface area contributed by atoms with Gasteiger partial charge in [0, 0.05) is 19.2 Å². The number of benzene rings is 1. The molecule has 3 aromatic rings. The molecule has 122 valence electrons. The summed E-state index contributed by atoms with van der Waals surface area (Å²) in [4.78, 5) is 12.4. The van der Waals surface area contributed by atoms with Gasteiger partial charge in [-0.25, -0.2) is 9.97 Å². The van der Waals surface area contributed by atoms with Gasteiger partial charge in [0.05, 0.1) is 17.2 Å². The van der Waals surface area contributed by atoms with Gasteiger partial charge in [-0.15, -0.1) is 11.3 Å². The van der Waals surface area contributed by atoms with Crippen molar-refractivity contribution in [2.75, 3.05) is 18.1 Å². The molecule has 0 saturated heterocycles. The summed E-state index contributed by atoms with van der Waals surface area (Å²) in [6.45, 7) is 4.56. The summed E-state index contributed by atoms with van der Waals surface area (Å²) in [6.07, 6.45) is 2.67. The van der Waals surface area contributed by atoms with E-state index >= 15 is 0 Å². The second-order valence-electron chi connectivity index (χ2n) is 5.77. The lowest BCUT2D eigenvalue weighted by atomic mass is 9.99. The molecule has 1 aromatic carbocycles. The maximum absolute atomic E-state index is 5.61. The molecule has 4 rings (SSSR count). The first-order valence-corrected chi connectivity index (χ1v) is 9.07. The van der Waals surface area contributed by atoms with E-state index in [2.05, 4.69) is 56.6 Å². The summed E-state index contributed by atoms with van der Waals surface area (Å²) >= 11 is 1.70. The fraction of sp³-hybridized carbons (Fsp3) is 0.263. The third-order valence-corrected chi connectivity index (χ3v) is 5.14. The SMILES string of the molecule is CCOc1ccc2c(c1)CCN(c1cc(-c3cccs3)ncn1)C2. The maximum atomic E-state index is 5.61. The Hall–Kier alpha value is -2.40. The van der Waals surface area contributed by atoms with E-state index in [-0.39, 0.29) is 0 Å². The van der Waals surface area contributed by atoms with Gasteiger partial charge in [0.25, 0.3) is 0 Å². The van der Waals surface area contributed by atoms with Crippen molar-refractivity contribution >= 4 is 17.2 Å². The van der Waals surface area contributed by atoms with Crippen molar-refractivity contribution in [2.45, 2.75) is 19.9 Å². The summed E-state index contributed by atoms with van der Waals surface area (Å²) in [5.74, 6) is 1.96. The number of rotatable bonds is 4. The Morgan fingerprint density at radius 3 is 2.96 bits per heavy atom. The van der Waals surface area contributed by atoms with Crippen molar-refractivity contribution in [2.24, 2.45) is 0 Å². The smallest absolute Gasteiger partial charge is 0.132 e. The predicted molar refractivity (Wildman–Crippen MR) is 97.7 cm³/mol. The highest BCUT2D eigenvalue weighted by atomic mass is 32.1. The molecule has 0 amide bonds. The third kappa shape index (κ3) is 2.99. The van der Waals surface area contributed by atoms with Crippen LogP contribution in [0.1, 0.15) is 18.1 Å². The zero-order valence-electron chi connectivity index (χ0n) is 13.6. The van der Waals surface area contributed by atoms with Gasteiger partial charge in [-0.05, 0) is 48.1 Å². The fourth-order valence-corrected chi connectivity index (χ4v) is 3.75. The molecular formula is C19H19N3OS. The molecule has 0 fully saturated rings. The number of anilines is 1. The number of fused-ring (bicyclic) bond motifs is 1. The van der Waals surface area contributed by atoms with Crippen LogP contribution in [0.4, 0.5) is 5.82 Å². The van der Waals surface area contributed by atoms with Crippen molar-refractivity contribution in [1.29, 1.82) is 0 Å². The van der Waals surface area contributed by atoms with Gasteiger partial charge in [-0.1, -0.05) is 12.1 Å². The number of hydrogen-bond acceptors (Lipinski definition) is 5. The molecule has 0 radical (unpaired) electrons. The Morgan fingerprint density at radius 1 is 1.17 bits per heavy atom. The van der Waals surface area contributed by atoms with Gasteiger partial charge in [0.15, 0.2) is 0 Å². The van der Waals surface area contributed by atoms with Crippen LogP contribution in [-0.4, -0.2) is 23.1 Å². The Morgan fingerprint density at radius 2 is 2.12 bits per heavy atom. The largest absolute Gasteiger partial charge is 0.494 e. The van der Waals surface area contributed by atoms with Gasteiger partial charge < -0.3 is 9.64 Å². The number of ether oxygens (including phenoxy) is 1. The molecule has 1 aliphatic rings. The molecular weight excluding hydrogens is 318 g/mol. The van der Waals surface area contributed by atoms with E-state index in [1.807, 2.05) is 6.92 Å². The van der Waals surface area contributed by atoms with Gasteiger partial charge in [-0.2, -0.15) is 0 Å². The zero-order chi connectivity index (χ0) is 16.4. The first-order chi connectivity index (χ1) is 11.8. The van der Waals surface area contributed by atoms with Crippen LogP contribution >= 0.6 is 11.3 Å². The second-order valence-corrected chi connectivity index (χ2v) is 6.72. The molecule has 24 heavy (non-hydrogen) atoms. The molecule has 1 aliphatic heterocycles. The summed E-state index contributed by atoms with van der Waals surface area (Å²) in [7, 11) is 0. The number of aromatic nitrogens is 2. The Bertz CT molecular complexity index is 832. The molecule has 2 aromatic heterocycles. The first kappa shape index (κ1) is 15.1. The average Bonchev–Trinajstić information content (AvgIpc) is 3.16. The van der Waals surface area contributed by atoms with Crippen molar-refractivity contribution in [3.05, 3.63) is 59.2 Å². The zero-order valence-corrected chi connectivity index (χ0v) is 14.4. The monoisotopic (exact) mass is 337 g/mol. The van der Waals surface area contributed by atoms with E-state index in [9.17, 15) is 0 Å². The fourth-order valence-electron chi connectivity index (χ4n) is 3.06. The molecule has 0 atom stereocenters. The number of thiophene rings is 1. The minimum atomic E-state index is 0.706. The van der Waals surface area contributed by atoms with Crippen molar-refractivity contribution in [1.82, 2.24) is 9.97 Å². The van der Waals surface area contributed by atoms with Gasteiger partial charge in [-0.3, -0.25) is 0 Å². The summed E-state index contributed by atoms with van der Waals surface area (Å²) in [6, 6.07) is 12.6. The highest BCUT2D eigenvalue weighted by Gasteiger charge is 2.18. The van der Waals surface area contributed by atoms with Gasteiger partial charge in [0.1, 0.15) is 17.9 Å². The summed E-state index contributed by atoms with van der Waals surface area (Å²) < 4.78 is 5.61. The maximum Gasteiger partial charge on any atom is 0.132 e. The molecule has 0 unspecified atom stereocenters. The quantitative estimate of drug-likeness (QED) is 0.716. The van der Waals surface area contributed by atoms with Crippen molar-refractivity contribution in [3.63, 3.8) is 0 Å². The van der Waals surface area contributed by atoms with Crippen LogP contribution in [-0.2, 0) is 13.0 Å². The topological polar surface area (TPSA) is 38.2 Å². The molecule has 0 saturated carbocycles. The Kier molecular flexibility index (Phi) is 4.17. The molecule has 5 heteroatoms. The second kappa shape index (κ2) is 6.61. The van der Waals surface area contributed by atoms with Crippen LogP contribution in [0.2, 0.25) is 0 Å². The van der Waals surface area contributed by atoms with Crippen LogP contribution < -0.4 is 9.64 Å². The van der Waals surface area contributed by atoms with Crippen LogP contribution in [0.25, 0.3) is 10.6 Å². The van der Waals surface area contributed by atoms with Crippen LogP contribution in [0.5, 0.6) is 5.75 Å². The highest BCUT2D eigenvalue weighted by Crippen LogP contribution is 2.29. The number of hydrogen-bond donors (Lipinski definition) is 0. The van der Waals surface area contributed by atoms with E-state index in [1.54, 1.807) is 17.7 Å². The van der Waals surface area contributed by atoms with E-state index in [1.165, 1.54) is 16.0 Å². The lowest BCUT2D eigenvalue weighted by Crippen LogP contribution is -2.31. The molecule has 0 N–H and O–H groups in total. The average molecular weight is 337 g/mol. The molecule has 0 spiro atoms. The Labute approximate surface area is 145 Å². The third-order valence-electron chi connectivity index (χ3n) is 4.25. The van der Waals surface area contributed by atoms with E-state index < -0.39 is 0 Å². The molecule has 4 nitrogen and oxygen atoms in total.